The number of hydrogen-bond acceptors (Lipinski definition) is 3. The number of benzene rings is 1. The van der Waals surface area contributed by atoms with Crippen LogP contribution in [0.4, 0.5) is 5.69 Å². The van der Waals surface area contributed by atoms with Crippen molar-refractivity contribution in [3.05, 3.63) is 29.3 Å². The molecule has 0 radical (unpaired) electrons. The van der Waals surface area contributed by atoms with Gasteiger partial charge in [0.15, 0.2) is 0 Å². The van der Waals surface area contributed by atoms with Crippen molar-refractivity contribution in [3.8, 4) is 11.8 Å². The summed E-state index contributed by atoms with van der Waals surface area (Å²) in [5.74, 6) is 5.34. The zero-order valence-corrected chi connectivity index (χ0v) is 11.4. The van der Waals surface area contributed by atoms with Crippen LogP contribution in [0.3, 0.4) is 0 Å². The maximum atomic E-state index is 11.5. The predicted octanol–water partition coefficient (Wildman–Crippen LogP) is 2.58. The minimum absolute atomic E-state index is 0.208. The number of carbonyl (C=O) groups excluding carboxylic acids is 2. The number of nitrogens with one attached hydrogen (secondary N) is 1. The molecule has 1 aromatic rings. The second-order valence-corrected chi connectivity index (χ2v) is 3.98. The second-order valence-electron chi connectivity index (χ2n) is 3.98. The van der Waals surface area contributed by atoms with E-state index in [0.29, 0.717) is 16.8 Å². The van der Waals surface area contributed by atoms with Crippen LogP contribution >= 0.6 is 0 Å². The Morgan fingerprint density at radius 3 is 2.68 bits per heavy atom. The Morgan fingerprint density at radius 2 is 2.11 bits per heavy atom. The van der Waals surface area contributed by atoms with Crippen molar-refractivity contribution in [1.29, 1.82) is 0 Å². The van der Waals surface area contributed by atoms with Crippen LogP contribution in [-0.4, -0.2) is 19.0 Å². The third-order valence-electron chi connectivity index (χ3n) is 2.35. The van der Waals surface area contributed by atoms with Crippen LogP contribution in [0, 0.1) is 11.8 Å². The van der Waals surface area contributed by atoms with E-state index in [-0.39, 0.29) is 5.91 Å². The first-order valence-corrected chi connectivity index (χ1v) is 6.07. The summed E-state index contributed by atoms with van der Waals surface area (Å²) in [6, 6.07) is 4.91. The highest BCUT2D eigenvalue weighted by molar-refractivity contribution is 5.95. The van der Waals surface area contributed by atoms with Crippen LogP contribution in [0.2, 0.25) is 0 Å². The van der Waals surface area contributed by atoms with E-state index in [1.165, 1.54) is 14.0 Å². The van der Waals surface area contributed by atoms with E-state index >= 15 is 0 Å². The molecule has 0 unspecified atom stereocenters. The van der Waals surface area contributed by atoms with Gasteiger partial charge >= 0.3 is 5.97 Å². The maximum Gasteiger partial charge on any atom is 0.337 e. The minimum atomic E-state index is -0.445. The molecular weight excluding hydrogens is 242 g/mol. The molecule has 0 aromatic heterocycles. The first-order chi connectivity index (χ1) is 9.08. The lowest BCUT2D eigenvalue weighted by Gasteiger charge is -2.07. The lowest BCUT2D eigenvalue weighted by molar-refractivity contribution is -0.114. The molecule has 0 bridgehead atoms. The zero-order valence-electron chi connectivity index (χ0n) is 11.4. The quantitative estimate of drug-likeness (QED) is 0.670. The van der Waals surface area contributed by atoms with E-state index in [4.69, 9.17) is 0 Å². The van der Waals surface area contributed by atoms with Gasteiger partial charge in [-0.25, -0.2) is 4.79 Å². The van der Waals surface area contributed by atoms with Gasteiger partial charge in [-0.2, -0.15) is 0 Å². The summed E-state index contributed by atoms with van der Waals surface area (Å²) < 4.78 is 4.65. The fourth-order valence-electron chi connectivity index (χ4n) is 1.47. The number of esters is 1. The third kappa shape index (κ3) is 4.47. The van der Waals surface area contributed by atoms with Crippen LogP contribution in [0.5, 0.6) is 0 Å². The van der Waals surface area contributed by atoms with E-state index < -0.39 is 5.97 Å². The molecule has 0 spiro atoms. The zero-order chi connectivity index (χ0) is 14.3. The Morgan fingerprint density at radius 1 is 1.37 bits per heavy atom. The van der Waals surface area contributed by atoms with Gasteiger partial charge in [0, 0.05) is 18.9 Å². The van der Waals surface area contributed by atoms with Crippen molar-refractivity contribution in [2.75, 3.05) is 12.4 Å². The molecule has 0 heterocycles. The topological polar surface area (TPSA) is 55.4 Å². The Hall–Kier alpha value is -2.28. The van der Waals surface area contributed by atoms with Crippen LogP contribution < -0.4 is 5.32 Å². The summed E-state index contributed by atoms with van der Waals surface area (Å²) in [4.78, 5) is 22.6. The molecule has 0 aliphatic heterocycles. The summed E-state index contributed by atoms with van der Waals surface area (Å²) in [7, 11) is 1.31. The van der Waals surface area contributed by atoms with Gasteiger partial charge < -0.3 is 10.1 Å². The highest BCUT2D eigenvalue weighted by Crippen LogP contribution is 2.18. The molecule has 1 rings (SSSR count). The molecule has 100 valence electrons. The molecule has 1 amide bonds. The van der Waals surface area contributed by atoms with Crippen LogP contribution in [0.1, 0.15) is 42.6 Å². The summed E-state index contributed by atoms with van der Waals surface area (Å²) >= 11 is 0. The maximum absolute atomic E-state index is 11.5. The average molecular weight is 259 g/mol. The molecule has 4 nitrogen and oxygen atoms in total. The molecule has 1 N–H and O–H groups in total. The third-order valence-corrected chi connectivity index (χ3v) is 2.35. The van der Waals surface area contributed by atoms with Gasteiger partial charge in [-0.1, -0.05) is 18.8 Å². The van der Waals surface area contributed by atoms with Gasteiger partial charge in [0.05, 0.1) is 18.4 Å². The lowest BCUT2D eigenvalue weighted by Crippen LogP contribution is -2.09. The van der Waals surface area contributed by atoms with Crippen molar-refractivity contribution in [2.24, 2.45) is 0 Å². The smallest absolute Gasteiger partial charge is 0.337 e. The Balaban J connectivity index is 3.13. The van der Waals surface area contributed by atoms with Crippen LogP contribution in [-0.2, 0) is 9.53 Å². The molecule has 0 aliphatic rings. The number of hydrogen-bond donors (Lipinski definition) is 1. The first-order valence-electron chi connectivity index (χ1n) is 6.07. The van der Waals surface area contributed by atoms with E-state index in [2.05, 4.69) is 21.9 Å². The van der Waals surface area contributed by atoms with E-state index in [1.807, 2.05) is 6.92 Å². The summed E-state index contributed by atoms with van der Waals surface area (Å²) in [6.45, 7) is 3.46. The van der Waals surface area contributed by atoms with E-state index in [0.717, 1.165) is 12.8 Å². The van der Waals surface area contributed by atoms with Crippen molar-refractivity contribution >= 4 is 17.6 Å². The summed E-state index contributed by atoms with van der Waals surface area (Å²) in [5, 5.41) is 2.67. The van der Waals surface area contributed by atoms with Gasteiger partial charge in [0.2, 0.25) is 5.91 Å². The summed E-state index contributed by atoms with van der Waals surface area (Å²) in [6.07, 6.45) is 1.76. The van der Waals surface area contributed by atoms with Crippen LogP contribution in [0.25, 0.3) is 0 Å². The number of rotatable bonds is 3. The molecule has 4 heteroatoms. The average Bonchev–Trinajstić information content (AvgIpc) is 2.39. The van der Waals surface area contributed by atoms with Gasteiger partial charge in [-0.05, 0) is 24.6 Å². The van der Waals surface area contributed by atoms with Crippen molar-refractivity contribution in [1.82, 2.24) is 0 Å². The predicted molar refractivity (Wildman–Crippen MR) is 73.9 cm³/mol. The minimum Gasteiger partial charge on any atom is -0.465 e. The largest absolute Gasteiger partial charge is 0.465 e. The Labute approximate surface area is 113 Å². The molecule has 0 aliphatic carbocycles. The molecule has 0 saturated heterocycles. The molecule has 0 saturated carbocycles. The van der Waals surface area contributed by atoms with Crippen molar-refractivity contribution in [3.63, 3.8) is 0 Å². The standard InChI is InChI=1S/C15H17NO3/c1-4-5-6-7-12-8-9-13(15(18)19-3)10-14(12)16-11(2)17/h8-10H,4-5H2,1-3H3,(H,16,17). The summed E-state index contributed by atoms with van der Waals surface area (Å²) in [5.41, 5.74) is 1.60. The fourth-order valence-corrected chi connectivity index (χ4v) is 1.47. The molecule has 0 atom stereocenters. The van der Waals surface area contributed by atoms with Gasteiger partial charge in [0.25, 0.3) is 0 Å². The van der Waals surface area contributed by atoms with E-state index in [9.17, 15) is 9.59 Å². The normalized spacial score (nSPS) is 9.21. The van der Waals surface area contributed by atoms with Gasteiger partial charge in [-0.3, -0.25) is 4.79 Å². The number of unbranched alkanes of at least 4 members (excludes halogenated alkanes) is 1. The first kappa shape index (κ1) is 14.8. The second kappa shape index (κ2) is 7.22. The highest BCUT2D eigenvalue weighted by Gasteiger charge is 2.09. The Bertz CT molecular complexity index is 538. The van der Waals surface area contributed by atoms with Crippen molar-refractivity contribution in [2.45, 2.75) is 26.7 Å². The number of ether oxygens (including phenoxy) is 1. The SMILES string of the molecule is CCCC#Cc1ccc(C(=O)OC)cc1NC(C)=O. The van der Waals surface area contributed by atoms with Crippen LogP contribution in [0.15, 0.2) is 18.2 Å². The number of amides is 1. The number of carbonyl (C=O) groups is 2. The van der Waals surface area contributed by atoms with E-state index in [1.54, 1.807) is 18.2 Å². The Kier molecular flexibility index (Phi) is 5.62. The van der Waals surface area contributed by atoms with Gasteiger partial charge in [-0.15, -0.1) is 0 Å². The molecule has 1 aromatic carbocycles. The molecule has 19 heavy (non-hydrogen) atoms. The molecular formula is C15H17NO3. The molecule has 0 fully saturated rings. The number of anilines is 1. The monoisotopic (exact) mass is 259 g/mol. The fraction of sp³-hybridized carbons (Fsp3) is 0.333. The van der Waals surface area contributed by atoms with Crippen molar-refractivity contribution < 1.29 is 14.3 Å². The van der Waals surface area contributed by atoms with Gasteiger partial charge in [0.1, 0.15) is 0 Å². The lowest BCUT2D eigenvalue weighted by atomic mass is 10.1. The number of methoxy groups -OCH3 is 1. The highest BCUT2D eigenvalue weighted by atomic mass is 16.5.